The SMILES string of the molecule is CC(NC1CCCCC1Oc1ccc2c(c1)CN(C1CCC(=O)NC1=O)C2=O)c1ccccc1. The molecule has 5 rings (SSSR count). The monoisotopic (exact) mass is 461 g/mol. The van der Waals surface area contributed by atoms with Crippen molar-refractivity contribution >= 4 is 17.7 Å². The Labute approximate surface area is 199 Å². The van der Waals surface area contributed by atoms with Gasteiger partial charge in [0.2, 0.25) is 11.8 Å². The van der Waals surface area contributed by atoms with E-state index >= 15 is 0 Å². The number of hydrogen-bond acceptors (Lipinski definition) is 5. The molecule has 0 bridgehead atoms. The number of amides is 3. The Morgan fingerprint density at radius 3 is 2.62 bits per heavy atom. The first kappa shape index (κ1) is 22.6. The third-order valence-corrected chi connectivity index (χ3v) is 7.25. The fourth-order valence-corrected chi connectivity index (χ4v) is 5.39. The van der Waals surface area contributed by atoms with Gasteiger partial charge in [0.1, 0.15) is 17.9 Å². The molecule has 4 unspecified atom stereocenters. The number of hydrogen-bond donors (Lipinski definition) is 2. The summed E-state index contributed by atoms with van der Waals surface area (Å²) in [6.45, 7) is 2.54. The summed E-state index contributed by atoms with van der Waals surface area (Å²) in [7, 11) is 0. The number of carbonyl (C=O) groups excluding carboxylic acids is 3. The summed E-state index contributed by atoms with van der Waals surface area (Å²) < 4.78 is 6.46. The molecule has 2 aliphatic heterocycles. The van der Waals surface area contributed by atoms with E-state index in [-0.39, 0.29) is 36.4 Å². The molecule has 178 valence electrons. The van der Waals surface area contributed by atoms with E-state index in [1.54, 1.807) is 11.0 Å². The van der Waals surface area contributed by atoms with E-state index in [1.807, 2.05) is 18.2 Å². The van der Waals surface area contributed by atoms with Crippen LogP contribution in [-0.2, 0) is 16.1 Å². The van der Waals surface area contributed by atoms with Gasteiger partial charge in [-0.15, -0.1) is 0 Å². The van der Waals surface area contributed by atoms with Gasteiger partial charge in [-0.05, 0) is 61.9 Å². The van der Waals surface area contributed by atoms with Crippen molar-refractivity contribution in [3.05, 3.63) is 65.2 Å². The molecule has 2 aromatic rings. The highest BCUT2D eigenvalue weighted by Gasteiger charge is 2.39. The Hall–Kier alpha value is -3.19. The topological polar surface area (TPSA) is 87.7 Å². The van der Waals surface area contributed by atoms with Crippen molar-refractivity contribution in [3.63, 3.8) is 0 Å². The molecular weight excluding hydrogens is 430 g/mol. The average molecular weight is 462 g/mol. The Morgan fingerprint density at radius 1 is 1.03 bits per heavy atom. The van der Waals surface area contributed by atoms with Crippen LogP contribution >= 0.6 is 0 Å². The normalized spacial score (nSPS) is 25.6. The van der Waals surface area contributed by atoms with Crippen molar-refractivity contribution in [1.29, 1.82) is 0 Å². The van der Waals surface area contributed by atoms with Gasteiger partial charge in [-0.2, -0.15) is 0 Å². The molecular formula is C27H31N3O4. The van der Waals surface area contributed by atoms with Crippen LogP contribution in [0.4, 0.5) is 0 Å². The van der Waals surface area contributed by atoms with E-state index < -0.39 is 11.9 Å². The summed E-state index contributed by atoms with van der Waals surface area (Å²) >= 11 is 0. The lowest BCUT2D eigenvalue weighted by atomic mass is 9.91. The molecule has 3 amide bonds. The smallest absolute Gasteiger partial charge is 0.255 e. The van der Waals surface area contributed by atoms with E-state index in [1.165, 1.54) is 12.0 Å². The lowest BCUT2D eigenvalue weighted by Gasteiger charge is -2.34. The summed E-state index contributed by atoms with van der Waals surface area (Å²) in [5, 5.41) is 6.11. The second kappa shape index (κ2) is 9.58. The zero-order valence-corrected chi connectivity index (χ0v) is 19.5. The van der Waals surface area contributed by atoms with E-state index in [4.69, 9.17) is 4.74 Å². The highest BCUT2D eigenvalue weighted by Crippen LogP contribution is 2.32. The molecule has 4 atom stereocenters. The molecule has 2 aromatic carbocycles. The molecule has 34 heavy (non-hydrogen) atoms. The van der Waals surface area contributed by atoms with Crippen molar-refractivity contribution < 1.29 is 19.1 Å². The standard InChI is InChI=1S/C27H31N3O4/c1-17(18-7-3-2-4-8-18)28-22-9-5-6-10-24(22)34-20-11-12-21-19(15-20)16-30(27(21)33)23-13-14-25(31)29-26(23)32/h2-4,7-8,11-12,15,17,22-24,28H,5-6,9-10,13-14,16H2,1H3,(H,29,31,32). The first-order valence-corrected chi connectivity index (χ1v) is 12.2. The van der Waals surface area contributed by atoms with Crippen LogP contribution in [0.1, 0.15) is 73.0 Å². The van der Waals surface area contributed by atoms with Gasteiger partial charge in [-0.25, -0.2) is 0 Å². The molecule has 2 heterocycles. The van der Waals surface area contributed by atoms with Crippen LogP contribution in [0.25, 0.3) is 0 Å². The van der Waals surface area contributed by atoms with Crippen molar-refractivity contribution in [1.82, 2.24) is 15.5 Å². The number of imide groups is 1. The van der Waals surface area contributed by atoms with E-state index in [0.29, 0.717) is 18.5 Å². The third-order valence-electron chi connectivity index (χ3n) is 7.25. The van der Waals surface area contributed by atoms with Crippen LogP contribution < -0.4 is 15.4 Å². The van der Waals surface area contributed by atoms with Gasteiger partial charge in [0.05, 0.1) is 0 Å². The number of benzene rings is 2. The summed E-state index contributed by atoms with van der Waals surface area (Å²) in [5.41, 5.74) is 2.73. The third kappa shape index (κ3) is 4.57. The number of fused-ring (bicyclic) bond motifs is 1. The molecule has 1 aliphatic carbocycles. The Kier molecular flexibility index (Phi) is 6.37. The van der Waals surface area contributed by atoms with Crippen molar-refractivity contribution in [2.45, 2.75) is 76.2 Å². The number of nitrogens with one attached hydrogen (secondary N) is 2. The second-order valence-corrected chi connectivity index (χ2v) is 9.57. The second-order valence-electron chi connectivity index (χ2n) is 9.57. The van der Waals surface area contributed by atoms with Gasteiger partial charge >= 0.3 is 0 Å². The molecule has 1 saturated heterocycles. The average Bonchev–Trinajstić information content (AvgIpc) is 3.16. The Balaban J connectivity index is 1.27. The molecule has 1 saturated carbocycles. The Morgan fingerprint density at radius 2 is 1.82 bits per heavy atom. The van der Waals surface area contributed by atoms with Gasteiger partial charge in [0.25, 0.3) is 5.91 Å². The van der Waals surface area contributed by atoms with Gasteiger partial charge < -0.3 is 15.0 Å². The molecule has 0 spiro atoms. The van der Waals surface area contributed by atoms with Crippen LogP contribution in [-0.4, -0.2) is 40.8 Å². The maximum Gasteiger partial charge on any atom is 0.255 e. The number of ether oxygens (including phenoxy) is 1. The van der Waals surface area contributed by atoms with Crippen LogP contribution in [0.2, 0.25) is 0 Å². The molecule has 0 aromatic heterocycles. The minimum absolute atomic E-state index is 0.0568. The maximum atomic E-state index is 12.9. The van der Waals surface area contributed by atoms with Gasteiger partial charge in [0.15, 0.2) is 0 Å². The predicted molar refractivity (Wildman–Crippen MR) is 127 cm³/mol. The zero-order chi connectivity index (χ0) is 23.7. The molecule has 2 N–H and O–H groups in total. The fraction of sp³-hybridized carbons (Fsp3) is 0.444. The predicted octanol–water partition coefficient (Wildman–Crippen LogP) is 3.49. The number of piperidine rings is 1. The molecule has 7 nitrogen and oxygen atoms in total. The molecule has 0 radical (unpaired) electrons. The molecule has 3 aliphatic rings. The first-order valence-electron chi connectivity index (χ1n) is 12.2. The molecule has 7 heteroatoms. The quantitative estimate of drug-likeness (QED) is 0.643. The van der Waals surface area contributed by atoms with Gasteiger partial charge in [0, 0.05) is 30.6 Å². The highest BCUT2D eigenvalue weighted by molar-refractivity contribution is 6.05. The zero-order valence-electron chi connectivity index (χ0n) is 19.5. The number of rotatable bonds is 6. The van der Waals surface area contributed by atoms with Gasteiger partial charge in [-0.1, -0.05) is 36.8 Å². The van der Waals surface area contributed by atoms with Crippen molar-refractivity contribution in [2.75, 3.05) is 0 Å². The van der Waals surface area contributed by atoms with Crippen molar-refractivity contribution in [2.24, 2.45) is 0 Å². The minimum Gasteiger partial charge on any atom is -0.489 e. The van der Waals surface area contributed by atoms with Crippen molar-refractivity contribution in [3.8, 4) is 5.75 Å². The summed E-state index contributed by atoms with van der Waals surface area (Å²) in [4.78, 5) is 38.3. The summed E-state index contributed by atoms with van der Waals surface area (Å²) in [5.74, 6) is -0.0801. The highest BCUT2D eigenvalue weighted by atomic mass is 16.5. The van der Waals surface area contributed by atoms with E-state index in [0.717, 1.165) is 30.6 Å². The lowest BCUT2D eigenvalue weighted by molar-refractivity contribution is -0.136. The number of carbonyl (C=O) groups is 3. The largest absolute Gasteiger partial charge is 0.489 e. The fourth-order valence-electron chi connectivity index (χ4n) is 5.39. The molecule has 2 fully saturated rings. The van der Waals surface area contributed by atoms with Crippen LogP contribution in [0, 0.1) is 0 Å². The lowest BCUT2D eigenvalue weighted by Crippen LogP contribution is -2.52. The summed E-state index contributed by atoms with van der Waals surface area (Å²) in [6, 6.07) is 15.9. The van der Waals surface area contributed by atoms with E-state index in [2.05, 4.69) is 41.8 Å². The Bertz CT molecular complexity index is 1090. The van der Waals surface area contributed by atoms with Crippen LogP contribution in [0.15, 0.2) is 48.5 Å². The minimum atomic E-state index is -0.603. The van der Waals surface area contributed by atoms with Gasteiger partial charge in [-0.3, -0.25) is 19.7 Å². The first-order chi connectivity index (χ1) is 16.5. The van der Waals surface area contributed by atoms with E-state index in [9.17, 15) is 14.4 Å². The van der Waals surface area contributed by atoms with Crippen LogP contribution in [0.5, 0.6) is 5.75 Å². The summed E-state index contributed by atoms with van der Waals surface area (Å²) in [6.07, 6.45) is 5.03. The number of nitrogens with zero attached hydrogens (tertiary/aromatic N) is 1. The van der Waals surface area contributed by atoms with Crippen LogP contribution in [0.3, 0.4) is 0 Å². The maximum absolute atomic E-state index is 12.9.